The maximum Gasteiger partial charge on any atom is 0.320 e. The van der Waals surface area contributed by atoms with Crippen LogP contribution in [0.1, 0.15) is 69.7 Å². The van der Waals surface area contributed by atoms with Gasteiger partial charge in [0.25, 0.3) is 17.7 Å². The summed E-state index contributed by atoms with van der Waals surface area (Å²) < 4.78 is 0. The standard InChI is InChI=1S/C41H47N11O6/c1-47-18-19-51(41(47)58)28-4-3-15-50(23-28)32-20-43-35(36(42)54)37(45-32)44-26-7-9-27(10-8-26)48-16-13-24-14-17-49(22-25(24)21-48)30-6-2-5-29-34(30)40(57)52(39(29)56)31-11-12-33(53)46-38(31)55/h2,5-10,20,24-25,28,31H,3-4,11-19,21-23H2,1H3,(H2,42,54)(H,44,45)(H,46,53,55)/t24?,25?,28-,31?/m1/s1. The lowest BCUT2D eigenvalue weighted by molar-refractivity contribution is -0.136. The predicted octanol–water partition coefficient (Wildman–Crippen LogP) is 2.41. The minimum atomic E-state index is -1.01. The quantitative estimate of drug-likeness (QED) is 0.283. The first-order chi connectivity index (χ1) is 28.0. The van der Waals surface area contributed by atoms with Crippen LogP contribution in [0.25, 0.3) is 0 Å². The number of likely N-dealkylation sites (N-methyl/N-ethyl adjacent to an activating group) is 1. The molecule has 0 saturated carbocycles. The summed E-state index contributed by atoms with van der Waals surface area (Å²) in [4.78, 5) is 97.5. The zero-order valence-corrected chi connectivity index (χ0v) is 32.4. The number of carbonyl (C=O) groups excluding carboxylic acids is 6. The van der Waals surface area contributed by atoms with Crippen molar-refractivity contribution in [2.24, 2.45) is 17.6 Å². The Kier molecular flexibility index (Phi) is 9.60. The molecule has 0 radical (unpaired) electrons. The first kappa shape index (κ1) is 37.3. The molecule has 7 amide bonds. The summed E-state index contributed by atoms with van der Waals surface area (Å²) in [5.74, 6) is -0.988. The number of nitrogens with two attached hydrogens (primary N) is 1. The Morgan fingerprint density at radius 1 is 0.828 bits per heavy atom. The van der Waals surface area contributed by atoms with Gasteiger partial charge in [0.1, 0.15) is 11.9 Å². The number of hydrogen-bond acceptors (Lipinski definition) is 12. The minimum absolute atomic E-state index is 0.0421. The lowest BCUT2D eigenvalue weighted by Gasteiger charge is -2.46. The van der Waals surface area contributed by atoms with Crippen LogP contribution in [0.15, 0.2) is 48.7 Å². The third-order valence-corrected chi connectivity index (χ3v) is 12.8. The highest BCUT2D eigenvalue weighted by molar-refractivity contribution is 6.25. The van der Waals surface area contributed by atoms with Gasteiger partial charge in [0, 0.05) is 77.2 Å². The minimum Gasteiger partial charge on any atom is -0.371 e. The maximum atomic E-state index is 13.8. The number of nitrogens with zero attached hydrogens (tertiary/aromatic N) is 8. The van der Waals surface area contributed by atoms with Crippen LogP contribution in [0, 0.1) is 11.8 Å². The van der Waals surface area contributed by atoms with Crippen LogP contribution < -0.4 is 31.1 Å². The Balaban J connectivity index is 0.871. The van der Waals surface area contributed by atoms with Gasteiger partial charge in [-0.25, -0.2) is 14.8 Å². The van der Waals surface area contributed by atoms with Gasteiger partial charge in [-0.2, -0.15) is 0 Å². The van der Waals surface area contributed by atoms with E-state index in [1.807, 2.05) is 42.3 Å². The highest BCUT2D eigenvalue weighted by Gasteiger charge is 2.47. The molecule has 4 N–H and O–H groups in total. The van der Waals surface area contributed by atoms with Crippen molar-refractivity contribution in [1.82, 2.24) is 30.0 Å². The molecule has 0 bridgehead atoms. The lowest BCUT2D eigenvalue weighted by atomic mass is 9.79. The topological polar surface area (TPSA) is 198 Å². The number of anilines is 5. The Bertz CT molecular complexity index is 2200. The predicted molar refractivity (Wildman–Crippen MR) is 214 cm³/mol. The molecule has 5 fully saturated rings. The second-order valence-corrected chi connectivity index (χ2v) is 16.2. The molecule has 5 saturated heterocycles. The second-order valence-electron chi connectivity index (χ2n) is 16.2. The normalized spacial score (nSPS) is 24.9. The largest absolute Gasteiger partial charge is 0.371 e. The summed E-state index contributed by atoms with van der Waals surface area (Å²) in [7, 11) is 1.82. The highest BCUT2D eigenvalue weighted by atomic mass is 16.2. The summed E-state index contributed by atoms with van der Waals surface area (Å²) in [5.41, 5.74) is 8.86. The number of carbonyl (C=O) groups is 6. The van der Waals surface area contributed by atoms with Crippen molar-refractivity contribution >= 4 is 64.3 Å². The number of primary amides is 1. The maximum absolute atomic E-state index is 13.8. The smallest absolute Gasteiger partial charge is 0.320 e. The van der Waals surface area contributed by atoms with Gasteiger partial charge in [-0.1, -0.05) is 6.07 Å². The Morgan fingerprint density at radius 3 is 2.34 bits per heavy atom. The zero-order chi connectivity index (χ0) is 40.2. The summed E-state index contributed by atoms with van der Waals surface area (Å²) in [6, 6.07) is 12.4. The van der Waals surface area contributed by atoms with Crippen molar-refractivity contribution in [3.8, 4) is 0 Å². The Morgan fingerprint density at radius 2 is 1.60 bits per heavy atom. The molecule has 6 aliphatic rings. The number of fused-ring (bicyclic) bond motifs is 2. The fraction of sp³-hybridized carbons (Fsp3) is 0.463. The molecule has 6 aliphatic heterocycles. The van der Waals surface area contributed by atoms with Crippen LogP contribution in [0.2, 0.25) is 0 Å². The molecule has 4 atom stereocenters. The fourth-order valence-corrected chi connectivity index (χ4v) is 9.69. The number of urea groups is 1. The number of piperidine rings is 4. The molecule has 0 spiro atoms. The number of hydrogen-bond donors (Lipinski definition) is 3. The summed E-state index contributed by atoms with van der Waals surface area (Å²) in [5, 5.41) is 5.55. The van der Waals surface area contributed by atoms with E-state index < -0.39 is 35.6 Å². The molecular weight excluding hydrogens is 743 g/mol. The molecule has 0 aliphatic carbocycles. The van der Waals surface area contributed by atoms with Gasteiger partial charge < -0.3 is 35.6 Å². The molecule has 3 unspecified atom stereocenters. The first-order valence-corrected chi connectivity index (χ1v) is 20.2. The molecule has 58 heavy (non-hydrogen) atoms. The van der Waals surface area contributed by atoms with Crippen molar-refractivity contribution in [3.63, 3.8) is 0 Å². The van der Waals surface area contributed by atoms with E-state index in [4.69, 9.17) is 10.7 Å². The van der Waals surface area contributed by atoms with Gasteiger partial charge in [-0.3, -0.25) is 34.2 Å². The third-order valence-electron chi connectivity index (χ3n) is 12.8. The van der Waals surface area contributed by atoms with E-state index in [-0.39, 0.29) is 42.0 Å². The van der Waals surface area contributed by atoms with E-state index in [1.165, 1.54) is 0 Å². The van der Waals surface area contributed by atoms with Crippen molar-refractivity contribution in [2.75, 3.05) is 79.4 Å². The average molecular weight is 790 g/mol. The second kappa shape index (κ2) is 14.9. The van der Waals surface area contributed by atoms with E-state index in [0.717, 1.165) is 68.1 Å². The van der Waals surface area contributed by atoms with E-state index in [9.17, 15) is 28.8 Å². The van der Waals surface area contributed by atoms with E-state index >= 15 is 0 Å². The number of amides is 7. The van der Waals surface area contributed by atoms with Gasteiger partial charge >= 0.3 is 6.03 Å². The molecular formula is C41H47N11O6. The number of nitrogens with one attached hydrogen (secondary N) is 2. The molecule has 17 heteroatoms. The average Bonchev–Trinajstić information content (AvgIpc) is 3.70. The summed E-state index contributed by atoms with van der Waals surface area (Å²) in [6.07, 6.45) is 5.56. The van der Waals surface area contributed by atoms with Crippen molar-refractivity contribution in [1.29, 1.82) is 0 Å². The summed E-state index contributed by atoms with van der Waals surface area (Å²) in [6.45, 7) is 5.99. The van der Waals surface area contributed by atoms with Gasteiger partial charge in [0.05, 0.1) is 29.1 Å². The van der Waals surface area contributed by atoms with Gasteiger partial charge in [-0.05, 0) is 80.3 Å². The number of benzene rings is 2. The van der Waals surface area contributed by atoms with Crippen molar-refractivity contribution in [2.45, 2.75) is 50.6 Å². The van der Waals surface area contributed by atoms with Crippen LogP contribution in [-0.4, -0.2) is 132 Å². The Labute approximate surface area is 335 Å². The van der Waals surface area contributed by atoms with Gasteiger partial charge in [0.2, 0.25) is 11.8 Å². The van der Waals surface area contributed by atoms with Crippen LogP contribution in [0.3, 0.4) is 0 Å². The molecule has 302 valence electrons. The van der Waals surface area contributed by atoms with E-state index in [2.05, 4.69) is 30.3 Å². The number of aromatic nitrogens is 2. The molecule has 3 aromatic rings. The molecule has 17 nitrogen and oxygen atoms in total. The van der Waals surface area contributed by atoms with Crippen LogP contribution in [0.5, 0.6) is 0 Å². The molecule has 7 heterocycles. The van der Waals surface area contributed by atoms with Crippen LogP contribution in [-0.2, 0) is 9.59 Å². The zero-order valence-electron chi connectivity index (χ0n) is 32.4. The molecule has 9 rings (SSSR count). The van der Waals surface area contributed by atoms with Crippen molar-refractivity contribution < 1.29 is 28.8 Å². The SMILES string of the molecule is CN1CCN([C@@H]2CCCN(c3cnc(C(N)=O)c(Nc4ccc(N5CCC6CCN(c7cccc8c7C(=O)N(C7CCC(=O)NC7=O)C8=O)CC6C5)cc4)n3)C2)C1=O. The molecule has 2 aromatic carbocycles. The molecule has 1 aromatic heterocycles. The highest BCUT2D eigenvalue weighted by Crippen LogP contribution is 2.40. The summed E-state index contributed by atoms with van der Waals surface area (Å²) >= 11 is 0. The number of rotatable bonds is 8. The van der Waals surface area contributed by atoms with Gasteiger partial charge in [-0.15, -0.1) is 0 Å². The van der Waals surface area contributed by atoms with E-state index in [0.29, 0.717) is 55.1 Å². The monoisotopic (exact) mass is 789 g/mol. The third kappa shape index (κ3) is 6.71. The first-order valence-electron chi connectivity index (χ1n) is 20.2. The Hall–Kier alpha value is -6.26. The van der Waals surface area contributed by atoms with Crippen LogP contribution in [0.4, 0.5) is 33.5 Å². The van der Waals surface area contributed by atoms with Crippen LogP contribution >= 0.6 is 0 Å². The van der Waals surface area contributed by atoms with E-state index in [1.54, 1.807) is 23.2 Å². The fourth-order valence-electron chi connectivity index (χ4n) is 9.69. The number of imide groups is 2. The van der Waals surface area contributed by atoms with Gasteiger partial charge in [0.15, 0.2) is 11.5 Å². The van der Waals surface area contributed by atoms with Crippen molar-refractivity contribution in [3.05, 3.63) is 65.5 Å². The lowest BCUT2D eigenvalue weighted by Crippen LogP contribution is -2.54.